The van der Waals surface area contributed by atoms with Crippen molar-refractivity contribution in [3.05, 3.63) is 23.8 Å². The van der Waals surface area contributed by atoms with E-state index in [2.05, 4.69) is 12.2 Å². The highest BCUT2D eigenvalue weighted by molar-refractivity contribution is 5.44. The van der Waals surface area contributed by atoms with Crippen LogP contribution >= 0.6 is 0 Å². The quantitative estimate of drug-likeness (QED) is 0.858. The summed E-state index contributed by atoms with van der Waals surface area (Å²) in [6, 6.07) is 6.12. The van der Waals surface area contributed by atoms with E-state index in [0.717, 1.165) is 17.1 Å². The highest BCUT2D eigenvalue weighted by atomic mass is 16.6. The molecule has 1 aliphatic rings. The molecule has 2 rings (SSSR count). The van der Waals surface area contributed by atoms with E-state index in [4.69, 9.17) is 9.47 Å². The van der Waals surface area contributed by atoms with Crippen molar-refractivity contribution in [1.29, 1.82) is 0 Å². The maximum absolute atomic E-state index is 9.70. The summed E-state index contributed by atoms with van der Waals surface area (Å²) in [6.45, 7) is 7.40. The number of fused-ring (bicyclic) bond motifs is 1. The van der Waals surface area contributed by atoms with E-state index < -0.39 is 5.60 Å². The maximum Gasteiger partial charge on any atom is 0.161 e. The average molecular weight is 251 g/mol. The lowest BCUT2D eigenvalue weighted by Crippen LogP contribution is -2.36. The number of hydrogen-bond donors (Lipinski definition) is 2. The van der Waals surface area contributed by atoms with Gasteiger partial charge in [0.1, 0.15) is 13.2 Å². The highest BCUT2D eigenvalue weighted by Gasteiger charge is 2.17. The Labute approximate surface area is 108 Å². The molecule has 18 heavy (non-hydrogen) atoms. The summed E-state index contributed by atoms with van der Waals surface area (Å²) in [6.07, 6.45) is 0. The smallest absolute Gasteiger partial charge is 0.161 e. The molecule has 0 bridgehead atoms. The van der Waals surface area contributed by atoms with Gasteiger partial charge in [-0.2, -0.15) is 0 Å². The number of ether oxygens (including phenoxy) is 2. The van der Waals surface area contributed by atoms with Crippen molar-refractivity contribution in [1.82, 2.24) is 5.32 Å². The summed E-state index contributed by atoms with van der Waals surface area (Å²) < 4.78 is 11.0. The molecule has 0 fully saturated rings. The van der Waals surface area contributed by atoms with Crippen molar-refractivity contribution in [3.63, 3.8) is 0 Å². The molecular formula is C14H21NO3. The molecule has 0 spiro atoms. The minimum absolute atomic E-state index is 0.159. The summed E-state index contributed by atoms with van der Waals surface area (Å²) in [5, 5.41) is 13.0. The van der Waals surface area contributed by atoms with Crippen LogP contribution in [0.15, 0.2) is 18.2 Å². The molecule has 0 radical (unpaired) electrons. The Hall–Kier alpha value is -1.26. The predicted octanol–water partition coefficient (Wildman–Crippen LogP) is 1.88. The van der Waals surface area contributed by atoms with Gasteiger partial charge in [0.2, 0.25) is 0 Å². The van der Waals surface area contributed by atoms with Crippen molar-refractivity contribution in [2.75, 3.05) is 19.8 Å². The molecule has 4 heteroatoms. The lowest BCUT2D eigenvalue weighted by molar-refractivity contribution is 0.0770. The van der Waals surface area contributed by atoms with E-state index in [9.17, 15) is 5.11 Å². The second-order valence-corrected chi connectivity index (χ2v) is 5.32. The van der Waals surface area contributed by atoms with E-state index in [1.807, 2.05) is 18.2 Å². The molecule has 2 N–H and O–H groups in total. The molecule has 1 aromatic carbocycles. The van der Waals surface area contributed by atoms with Gasteiger partial charge >= 0.3 is 0 Å². The van der Waals surface area contributed by atoms with Crippen LogP contribution in [0, 0.1) is 0 Å². The van der Waals surface area contributed by atoms with Crippen LogP contribution in [0.1, 0.15) is 32.4 Å². The minimum Gasteiger partial charge on any atom is -0.486 e. The van der Waals surface area contributed by atoms with Gasteiger partial charge in [0.05, 0.1) is 5.60 Å². The van der Waals surface area contributed by atoms with Gasteiger partial charge in [-0.05, 0) is 38.5 Å². The minimum atomic E-state index is -0.706. The van der Waals surface area contributed by atoms with Gasteiger partial charge in [-0.3, -0.25) is 0 Å². The Kier molecular flexibility index (Phi) is 3.78. The van der Waals surface area contributed by atoms with Gasteiger partial charge in [0.15, 0.2) is 11.5 Å². The SMILES string of the molecule is CC(NCC(C)(C)O)c1ccc2c(c1)OCCO2. The summed E-state index contributed by atoms with van der Waals surface area (Å²) >= 11 is 0. The Bertz CT molecular complexity index is 412. The van der Waals surface area contributed by atoms with E-state index >= 15 is 0 Å². The fourth-order valence-electron chi connectivity index (χ4n) is 1.85. The zero-order chi connectivity index (χ0) is 13.2. The van der Waals surface area contributed by atoms with E-state index in [0.29, 0.717) is 19.8 Å². The first-order chi connectivity index (χ1) is 8.46. The van der Waals surface area contributed by atoms with Gasteiger partial charge in [-0.25, -0.2) is 0 Å². The average Bonchev–Trinajstić information content (AvgIpc) is 2.34. The van der Waals surface area contributed by atoms with Crippen LogP contribution in [0.5, 0.6) is 11.5 Å². The van der Waals surface area contributed by atoms with Gasteiger partial charge in [-0.15, -0.1) is 0 Å². The molecule has 100 valence electrons. The first-order valence-corrected chi connectivity index (χ1v) is 6.31. The van der Waals surface area contributed by atoms with Crippen LogP contribution in [0.2, 0.25) is 0 Å². The van der Waals surface area contributed by atoms with E-state index in [1.165, 1.54) is 0 Å². The lowest BCUT2D eigenvalue weighted by atomic mass is 10.1. The molecule has 0 aromatic heterocycles. The van der Waals surface area contributed by atoms with Crippen molar-refractivity contribution < 1.29 is 14.6 Å². The van der Waals surface area contributed by atoms with Crippen molar-refractivity contribution in [2.24, 2.45) is 0 Å². The van der Waals surface area contributed by atoms with Gasteiger partial charge in [0, 0.05) is 12.6 Å². The zero-order valence-corrected chi connectivity index (χ0v) is 11.2. The van der Waals surface area contributed by atoms with Crippen LogP contribution in [0.25, 0.3) is 0 Å². The second-order valence-electron chi connectivity index (χ2n) is 5.32. The molecule has 0 aliphatic carbocycles. The molecule has 1 heterocycles. The van der Waals surface area contributed by atoms with Crippen molar-refractivity contribution in [2.45, 2.75) is 32.4 Å². The van der Waals surface area contributed by atoms with Gasteiger partial charge in [0.25, 0.3) is 0 Å². The van der Waals surface area contributed by atoms with Crippen LogP contribution in [-0.4, -0.2) is 30.5 Å². The molecule has 0 saturated heterocycles. The highest BCUT2D eigenvalue weighted by Crippen LogP contribution is 2.32. The summed E-state index contributed by atoms with van der Waals surface area (Å²) in [7, 11) is 0. The maximum atomic E-state index is 9.70. The van der Waals surface area contributed by atoms with Crippen molar-refractivity contribution in [3.8, 4) is 11.5 Å². The van der Waals surface area contributed by atoms with Gasteiger partial charge < -0.3 is 19.9 Å². The van der Waals surface area contributed by atoms with Crippen LogP contribution in [-0.2, 0) is 0 Å². The predicted molar refractivity (Wildman–Crippen MR) is 70.1 cm³/mol. The second kappa shape index (κ2) is 5.16. The fourth-order valence-corrected chi connectivity index (χ4v) is 1.85. The van der Waals surface area contributed by atoms with Gasteiger partial charge in [-0.1, -0.05) is 6.07 Å². The normalized spacial score (nSPS) is 16.4. The third-order valence-electron chi connectivity index (χ3n) is 2.91. The van der Waals surface area contributed by atoms with Crippen molar-refractivity contribution >= 4 is 0 Å². The monoisotopic (exact) mass is 251 g/mol. The summed E-state index contributed by atoms with van der Waals surface area (Å²) in [4.78, 5) is 0. The molecule has 1 unspecified atom stereocenters. The standard InChI is InChI=1S/C14H21NO3/c1-10(15-9-14(2,3)16)11-4-5-12-13(8-11)18-7-6-17-12/h4-5,8,10,15-16H,6-7,9H2,1-3H3. The summed E-state index contributed by atoms with van der Waals surface area (Å²) in [5.41, 5.74) is 0.422. The Morgan fingerprint density at radius 2 is 1.94 bits per heavy atom. The third-order valence-corrected chi connectivity index (χ3v) is 2.91. The largest absolute Gasteiger partial charge is 0.486 e. The first-order valence-electron chi connectivity index (χ1n) is 6.31. The number of aliphatic hydroxyl groups is 1. The molecular weight excluding hydrogens is 230 g/mol. The third kappa shape index (κ3) is 3.37. The Morgan fingerprint density at radius 3 is 2.61 bits per heavy atom. The lowest BCUT2D eigenvalue weighted by Gasteiger charge is -2.24. The van der Waals surface area contributed by atoms with E-state index in [-0.39, 0.29) is 6.04 Å². The number of hydrogen-bond acceptors (Lipinski definition) is 4. The van der Waals surface area contributed by atoms with Crippen LogP contribution < -0.4 is 14.8 Å². The van der Waals surface area contributed by atoms with E-state index in [1.54, 1.807) is 13.8 Å². The fraction of sp³-hybridized carbons (Fsp3) is 0.571. The molecule has 1 aliphatic heterocycles. The molecule has 0 saturated carbocycles. The Balaban J connectivity index is 2.04. The van der Waals surface area contributed by atoms with Crippen LogP contribution in [0.3, 0.4) is 0 Å². The first kappa shape index (κ1) is 13.2. The molecule has 0 amide bonds. The van der Waals surface area contributed by atoms with Crippen LogP contribution in [0.4, 0.5) is 0 Å². The topological polar surface area (TPSA) is 50.7 Å². The zero-order valence-electron chi connectivity index (χ0n) is 11.2. The molecule has 4 nitrogen and oxygen atoms in total. The molecule has 1 aromatic rings. The number of benzene rings is 1. The number of rotatable bonds is 4. The molecule has 1 atom stereocenters. The Morgan fingerprint density at radius 1 is 1.28 bits per heavy atom. The summed E-state index contributed by atoms with van der Waals surface area (Å²) in [5.74, 6) is 1.61. The number of nitrogens with one attached hydrogen (secondary N) is 1.